The second-order valence-electron chi connectivity index (χ2n) is 10.7. The lowest BCUT2D eigenvalue weighted by Gasteiger charge is -2.34. The summed E-state index contributed by atoms with van der Waals surface area (Å²) in [6, 6.07) is 13.8. The van der Waals surface area contributed by atoms with Crippen molar-refractivity contribution in [3.8, 4) is 5.75 Å². The van der Waals surface area contributed by atoms with Gasteiger partial charge in [-0.05, 0) is 54.5 Å². The zero-order valence-electron chi connectivity index (χ0n) is 22.2. The van der Waals surface area contributed by atoms with Gasteiger partial charge in [-0.1, -0.05) is 57.5 Å². The van der Waals surface area contributed by atoms with E-state index in [9.17, 15) is 18.0 Å². The highest BCUT2D eigenvalue weighted by molar-refractivity contribution is 7.89. The fraction of sp³-hybridized carbons (Fsp3) is 0.500. The number of hydrogen-bond donors (Lipinski definition) is 2. The van der Waals surface area contributed by atoms with Gasteiger partial charge >= 0.3 is 0 Å². The molecule has 2 N–H and O–H groups in total. The van der Waals surface area contributed by atoms with Crippen molar-refractivity contribution in [2.45, 2.75) is 69.9 Å². The van der Waals surface area contributed by atoms with Crippen LogP contribution in [-0.4, -0.2) is 56.8 Å². The summed E-state index contributed by atoms with van der Waals surface area (Å²) in [7, 11) is -2.27. The van der Waals surface area contributed by atoms with E-state index in [1.807, 2.05) is 12.1 Å². The quantitative estimate of drug-likeness (QED) is 0.490. The first-order valence-corrected chi connectivity index (χ1v) is 14.2. The lowest BCUT2D eigenvalue weighted by Crippen LogP contribution is -2.56. The average molecular weight is 530 g/mol. The van der Waals surface area contributed by atoms with Gasteiger partial charge in [-0.15, -0.1) is 0 Å². The highest BCUT2D eigenvalue weighted by Crippen LogP contribution is 2.26. The van der Waals surface area contributed by atoms with E-state index < -0.39 is 28.0 Å². The van der Waals surface area contributed by atoms with E-state index in [2.05, 4.69) is 31.4 Å². The van der Waals surface area contributed by atoms with Gasteiger partial charge in [-0.25, -0.2) is 8.42 Å². The molecular weight excluding hydrogens is 490 g/mol. The highest BCUT2D eigenvalue weighted by atomic mass is 32.2. The largest absolute Gasteiger partial charge is 0.497 e. The molecular formula is C28H39N3O5S. The van der Waals surface area contributed by atoms with Gasteiger partial charge in [0.2, 0.25) is 21.8 Å². The van der Waals surface area contributed by atoms with E-state index in [0.29, 0.717) is 25.1 Å². The zero-order valence-corrected chi connectivity index (χ0v) is 23.0. The van der Waals surface area contributed by atoms with Crippen LogP contribution in [0.25, 0.3) is 0 Å². The number of nitrogens with zero attached hydrogens (tertiary/aromatic N) is 1. The third-order valence-corrected chi connectivity index (χ3v) is 8.43. The van der Waals surface area contributed by atoms with Gasteiger partial charge in [0.15, 0.2) is 0 Å². The van der Waals surface area contributed by atoms with Gasteiger partial charge in [0.05, 0.1) is 12.0 Å². The molecule has 0 aliphatic carbocycles. The molecule has 202 valence electrons. The van der Waals surface area contributed by atoms with Crippen LogP contribution in [0.4, 0.5) is 0 Å². The topological polar surface area (TPSA) is 105 Å². The third-order valence-electron chi connectivity index (χ3n) is 6.51. The monoisotopic (exact) mass is 529 g/mol. The predicted octanol–water partition coefficient (Wildman–Crippen LogP) is 3.52. The van der Waals surface area contributed by atoms with Crippen molar-refractivity contribution in [2.75, 3.05) is 20.2 Å². The van der Waals surface area contributed by atoms with Crippen molar-refractivity contribution in [1.29, 1.82) is 0 Å². The molecule has 2 amide bonds. The summed E-state index contributed by atoms with van der Waals surface area (Å²) >= 11 is 0. The molecule has 0 bridgehead atoms. The van der Waals surface area contributed by atoms with Crippen LogP contribution in [-0.2, 0) is 26.0 Å². The number of benzene rings is 2. The number of carbonyl (C=O) groups is 2. The molecule has 2 atom stereocenters. The molecule has 1 heterocycles. The number of sulfonamides is 1. The van der Waals surface area contributed by atoms with Crippen LogP contribution in [0.15, 0.2) is 59.5 Å². The maximum Gasteiger partial charge on any atom is 0.243 e. The van der Waals surface area contributed by atoms with Gasteiger partial charge in [0.1, 0.15) is 17.8 Å². The Morgan fingerprint density at radius 3 is 2.35 bits per heavy atom. The van der Waals surface area contributed by atoms with E-state index in [0.717, 1.165) is 18.4 Å². The van der Waals surface area contributed by atoms with Gasteiger partial charge in [0, 0.05) is 19.5 Å². The molecule has 1 saturated heterocycles. The molecule has 0 spiro atoms. The van der Waals surface area contributed by atoms with E-state index in [1.54, 1.807) is 37.4 Å². The lowest BCUT2D eigenvalue weighted by atomic mass is 9.92. The summed E-state index contributed by atoms with van der Waals surface area (Å²) in [5, 5.41) is 5.82. The minimum absolute atomic E-state index is 0.0520. The Morgan fingerprint density at radius 1 is 1.05 bits per heavy atom. The van der Waals surface area contributed by atoms with Gasteiger partial charge < -0.3 is 15.4 Å². The number of hydrogen-bond acceptors (Lipinski definition) is 5. The summed E-state index contributed by atoms with van der Waals surface area (Å²) in [5.74, 6) is -0.0479. The van der Waals surface area contributed by atoms with E-state index >= 15 is 0 Å². The molecule has 1 aliphatic rings. The first-order valence-electron chi connectivity index (χ1n) is 12.8. The van der Waals surface area contributed by atoms with Crippen molar-refractivity contribution < 1.29 is 22.7 Å². The average Bonchev–Trinajstić information content (AvgIpc) is 2.88. The lowest BCUT2D eigenvalue weighted by molar-refractivity contribution is -0.131. The summed E-state index contributed by atoms with van der Waals surface area (Å²) in [5.41, 5.74) is 0.908. The highest BCUT2D eigenvalue weighted by Gasteiger charge is 2.38. The van der Waals surface area contributed by atoms with Crippen molar-refractivity contribution in [3.63, 3.8) is 0 Å². The molecule has 1 aliphatic heterocycles. The first kappa shape index (κ1) is 28.7. The number of amides is 2. The Labute approximate surface area is 220 Å². The molecule has 0 aromatic heterocycles. The Kier molecular flexibility index (Phi) is 9.73. The van der Waals surface area contributed by atoms with Crippen LogP contribution in [0.2, 0.25) is 0 Å². The molecule has 3 rings (SSSR count). The third kappa shape index (κ3) is 8.04. The van der Waals surface area contributed by atoms with Crippen molar-refractivity contribution in [3.05, 3.63) is 60.2 Å². The SMILES string of the molecule is COc1ccc(C[C@H](NC(=O)C2CCCCN2S(=O)(=O)c2ccccc2)C(=O)NCCC(C)(C)C)cc1. The number of methoxy groups -OCH3 is 1. The van der Waals surface area contributed by atoms with Gasteiger partial charge in [-0.2, -0.15) is 4.31 Å². The molecule has 0 radical (unpaired) electrons. The summed E-state index contributed by atoms with van der Waals surface area (Å²) in [4.78, 5) is 26.9. The van der Waals surface area contributed by atoms with Crippen molar-refractivity contribution in [1.82, 2.24) is 14.9 Å². The molecule has 37 heavy (non-hydrogen) atoms. The molecule has 1 unspecified atom stereocenters. The summed E-state index contributed by atoms with van der Waals surface area (Å²) < 4.78 is 33.2. The van der Waals surface area contributed by atoms with Crippen LogP contribution >= 0.6 is 0 Å². The Balaban J connectivity index is 1.80. The normalized spacial score (nSPS) is 17.6. The van der Waals surface area contributed by atoms with E-state index in [1.165, 1.54) is 16.4 Å². The minimum Gasteiger partial charge on any atom is -0.497 e. The summed E-state index contributed by atoms with van der Waals surface area (Å²) in [6.45, 7) is 7.04. The smallest absolute Gasteiger partial charge is 0.243 e. The molecule has 1 fully saturated rings. The maximum atomic E-state index is 13.5. The minimum atomic E-state index is -3.85. The Bertz CT molecular complexity index is 1140. The number of rotatable bonds is 10. The zero-order chi connectivity index (χ0) is 27.1. The molecule has 2 aromatic carbocycles. The van der Waals surface area contributed by atoms with Crippen LogP contribution < -0.4 is 15.4 Å². The number of piperidine rings is 1. The van der Waals surface area contributed by atoms with E-state index in [4.69, 9.17) is 4.74 Å². The fourth-order valence-corrected chi connectivity index (χ4v) is 6.02. The van der Waals surface area contributed by atoms with Crippen LogP contribution in [0.1, 0.15) is 52.0 Å². The van der Waals surface area contributed by atoms with Crippen molar-refractivity contribution in [2.24, 2.45) is 5.41 Å². The predicted molar refractivity (Wildman–Crippen MR) is 144 cm³/mol. The van der Waals surface area contributed by atoms with Gasteiger partial charge in [-0.3, -0.25) is 9.59 Å². The fourth-order valence-electron chi connectivity index (χ4n) is 4.34. The molecule has 9 heteroatoms. The molecule has 0 saturated carbocycles. The number of nitrogens with one attached hydrogen (secondary N) is 2. The number of ether oxygens (including phenoxy) is 1. The molecule has 8 nitrogen and oxygen atoms in total. The maximum absolute atomic E-state index is 13.5. The number of carbonyl (C=O) groups excluding carboxylic acids is 2. The molecule has 2 aromatic rings. The van der Waals surface area contributed by atoms with Gasteiger partial charge in [0.25, 0.3) is 0 Å². The standard InChI is InChI=1S/C28H39N3O5S/c1-28(2,3)17-18-29-26(32)24(20-21-13-15-22(36-4)16-14-21)30-27(33)25-12-8-9-19-31(25)37(34,35)23-10-6-5-7-11-23/h5-7,10-11,13-16,24-25H,8-9,12,17-20H2,1-4H3,(H,29,32)(H,30,33)/t24-,25?/m0/s1. The van der Waals surface area contributed by atoms with E-state index in [-0.39, 0.29) is 29.2 Å². The van der Waals surface area contributed by atoms with Crippen LogP contribution in [0.5, 0.6) is 5.75 Å². The Morgan fingerprint density at radius 2 is 1.73 bits per heavy atom. The summed E-state index contributed by atoms with van der Waals surface area (Å²) in [6.07, 6.45) is 2.87. The second-order valence-corrected chi connectivity index (χ2v) is 12.5. The van der Waals surface area contributed by atoms with Crippen molar-refractivity contribution >= 4 is 21.8 Å². The van der Waals surface area contributed by atoms with Crippen LogP contribution in [0, 0.1) is 5.41 Å². The first-order chi connectivity index (χ1) is 17.5. The Hall–Kier alpha value is -2.91. The second kappa shape index (κ2) is 12.6. The van der Waals surface area contributed by atoms with Crippen LogP contribution in [0.3, 0.4) is 0 Å².